The lowest BCUT2D eigenvalue weighted by Gasteiger charge is -2.34. The van der Waals surface area contributed by atoms with E-state index in [-0.39, 0.29) is 16.7 Å². The first-order valence-electron chi connectivity index (χ1n) is 9.42. The third kappa shape index (κ3) is 4.76. The number of hydrogen-bond donors (Lipinski definition) is 1. The minimum absolute atomic E-state index is 0.00271. The van der Waals surface area contributed by atoms with Crippen molar-refractivity contribution in [2.45, 2.75) is 25.7 Å². The van der Waals surface area contributed by atoms with Crippen LogP contribution in [0.1, 0.15) is 28.4 Å². The average molecular weight is 416 g/mol. The Kier molecular flexibility index (Phi) is 5.93. The molecule has 0 aliphatic carbocycles. The van der Waals surface area contributed by atoms with E-state index in [1.807, 2.05) is 19.9 Å². The monoisotopic (exact) mass is 415 g/mol. The summed E-state index contributed by atoms with van der Waals surface area (Å²) in [4.78, 5) is 27.5. The van der Waals surface area contributed by atoms with E-state index < -0.39 is 10.0 Å². The molecule has 1 aliphatic heterocycles. The Labute approximate surface area is 171 Å². The highest BCUT2D eigenvalue weighted by molar-refractivity contribution is 7.92. The predicted octanol–water partition coefficient (Wildman–Crippen LogP) is 2.41. The molecule has 0 aromatic heterocycles. The SMILES string of the molecule is CC(=O)N1CCN(C(=O)c2ccc(S(=O)(=O)Nc3ccc(C)c(C)c3)cc2)CC1. The minimum Gasteiger partial charge on any atom is -0.339 e. The van der Waals surface area contributed by atoms with Crippen LogP contribution in [-0.2, 0) is 14.8 Å². The highest BCUT2D eigenvalue weighted by Crippen LogP contribution is 2.20. The molecular formula is C21H25N3O4S. The first-order valence-corrected chi connectivity index (χ1v) is 10.9. The van der Waals surface area contributed by atoms with E-state index in [0.717, 1.165) is 11.1 Å². The lowest BCUT2D eigenvalue weighted by Crippen LogP contribution is -2.50. The Morgan fingerprint density at radius 1 is 0.862 bits per heavy atom. The fraction of sp³-hybridized carbons (Fsp3) is 0.333. The number of benzene rings is 2. The van der Waals surface area contributed by atoms with Gasteiger partial charge in [0.05, 0.1) is 4.90 Å². The molecule has 0 spiro atoms. The number of carbonyl (C=O) groups is 2. The maximum atomic E-state index is 12.7. The molecule has 0 radical (unpaired) electrons. The number of rotatable bonds is 4. The second kappa shape index (κ2) is 8.24. The zero-order chi connectivity index (χ0) is 21.2. The van der Waals surface area contributed by atoms with Gasteiger partial charge in [-0.15, -0.1) is 0 Å². The molecule has 1 fully saturated rings. The Morgan fingerprint density at radius 2 is 1.45 bits per heavy atom. The van der Waals surface area contributed by atoms with Gasteiger partial charge in [-0.05, 0) is 61.4 Å². The van der Waals surface area contributed by atoms with Gasteiger partial charge >= 0.3 is 0 Å². The van der Waals surface area contributed by atoms with Crippen molar-refractivity contribution in [2.75, 3.05) is 30.9 Å². The standard InChI is InChI=1S/C21H25N3O4S/c1-15-4-7-19(14-16(15)2)22-29(27,28)20-8-5-18(6-9-20)21(26)24-12-10-23(11-13-24)17(3)25/h4-9,14,22H,10-13H2,1-3H3. The van der Waals surface area contributed by atoms with E-state index in [4.69, 9.17) is 0 Å². The average Bonchev–Trinajstić information content (AvgIpc) is 2.70. The molecule has 1 heterocycles. The zero-order valence-corrected chi connectivity index (χ0v) is 17.6. The van der Waals surface area contributed by atoms with Crippen LogP contribution in [0.3, 0.4) is 0 Å². The molecule has 8 heteroatoms. The summed E-state index contributed by atoms with van der Waals surface area (Å²) < 4.78 is 27.8. The maximum absolute atomic E-state index is 12.7. The van der Waals surface area contributed by atoms with Crippen LogP contribution in [-0.4, -0.2) is 56.2 Å². The Morgan fingerprint density at radius 3 is 2.00 bits per heavy atom. The van der Waals surface area contributed by atoms with Gasteiger partial charge in [0, 0.05) is 44.4 Å². The van der Waals surface area contributed by atoms with E-state index in [1.165, 1.54) is 31.2 Å². The van der Waals surface area contributed by atoms with Gasteiger partial charge in [0.15, 0.2) is 0 Å². The van der Waals surface area contributed by atoms with Crippen LogP contribution in [0, 0.1) is 13.8 Å². The summed E-state index contributed by atoms with van der Waals surface area (Å²) in [6.07, 6.45) is 0. The van der Waals surface area contributed by atoms with Gasteiger partial charge in [0.1, 0.15) is 0 Å². The molecule has 0 unspecified atom stereocenters. The molecule has 1 N–H and O–H groups in total. The molecular weight excluding hydrogens is 390 g/mol. The molecule has 0 bridgehead atoms. The highest BCUT2D eigenvalue weighted by Gasteiger charge is 2.24. The maximum Gasteiger partial charge on any atom is 0.261 e. The van der Waals surface area contributed by atoms with Crippen molar-refractivity contribution in [3.8, 4) is 0 Å². The minimum atomic E-state index is -3.75. The number of carbonyl (C=O) groups excluding carboxylic acids is 2. The van der Waals surface area contributed by atoms with Crippen molar-refractivity contribution in [1.82, 2.24) is 9.80 Å². The lowest BCUT2D eigenvalue weighted by atomic mass is 10.1. The normalized spacial score (nSPS) is 14.6. The van der Waals surface area contributed by atoms with Gasteiger partial charge < -0.3 is 9.80 Å². The third-order valence-electron chi connectivity index (χ3n) is 5.18. The van der Waals surface area contributed by atoms with Crippen LogP contribution in [0.4, 0.5) is 5.69 Å². The van der Waals surface area contributed by atoms with Crippen molar-refractivity contribution in [3.63, 3.8) is 0 Å². The second-order valence-corrected chi connectivity index (χ2v) is 8.91. The van der Waals surface area contributed by atoms with E-state index in [1.54, 1.807) is 21.9 Å². The summed E-state index contributed by atoms with van der Waals surface area (Å²) in [6, 6.07) is 11.3. The van der Waals surface area contributed by atoms with Crippen LogP contribution < -0.4 is 4.72 Å². The smallest absolute Gasteiger partial charge is 0.261 e. The number of hydrogen-bond acceptors (Lipinski definition) is 4. The van der Waals surface area contributed by atoms with Gasteiger partial charge in [-0.3, -0.25) is 14.3 Å². The van der Waals surface area contributed by atoms with Crippen molar-refractivity contribution >= 4 is 27.5 Å². The largest absolute Gasteiger partial charge is 0.339 e. The van der Waals surface area contributed by atoms with E-state index in [9.17, 15) is 18.0 Å². The number of piperazine rings is 1. The van der Waals surface area contributed by atoms with Crippen LogP contribution in [0.2, 0.25) is 0 Å². The summed E-state index contributed by atoms with van der Waals surface area (Å²) in [5, 5.41) is 0. The van der Waals surface area contributed by atoms with Crippen LogP contribution in [0.15, 0.2) is 47.4 Å². The van der Waals surface area contributed by atoms with Crippen LogP contribution in [0.5, 0.6) is 0 Å². The van der Waals surface area contributed by atoms with Crippen molar-refractivity contribution in [1.29, 1.82) is 0 Å². The highest BCUT2D eigenvalue weighted by atomic mass is 32.2. The third-order valence-corrected chi connectivity index (χ3v) is 6.58. The number of sulfonamides is 1. The summed E-state index contributed by atoms with van der Waals surface area (Å²) in [5.74, 6) is -0.165. The van der Waals surface area contributed by atoms with Crippen LogP contribution in [0.25, 0.3) is 0 Å². The van der Waals surface area contributed by atoms with Gasteiger partial charge in [0.2, 0.25) is 5.91 Å². The molecule has 0 saturated carbocycles. The van der Waals surface area contributed by atoms with Gasteiger partial charge in [-0.25, -0.2) is 8.42 Å². The first kappa shape index (κ1) is 20.9. The molecule has 7 nitrogen and oxygen atoms in total. The van der Waals surface area contributed by atoms with Gasteiger partial charge in [-0.2, -0.15) is 0 Å². The molecule has 2 aromatic carbocycles. The second-order valence-electron chi connectivity index (χ2n) is 7.23. The van der Waals surface area contributed by atoms with Gasteiger partial charge in [-0.1, -0.05) is 6.07 Å². The zero-order valence-electron chi connectivity index (χ0n) is 16.8. The van der Waals surface area contributed by atoms with E-state index in [2.05, 4.69) is 4.72 Å². The first-order chi connectivity index (χ1) is 13.7. The molecule has 154 valence electrons. The summed E-state index contributed by atoms with van der Waals surface area (Å²) in [5.41, 5.74) is 3.00. The summed E-state index contributed by atoms with van der Waals surface area (Å²) >= 11 is 0. The molecule has 29 heavy (non-hydrogen) atoms. The number of nitrogens with one attached hydrogen (secondary N) is 1. The fourth-order valence-electron chi connectivity index (χ4n) is 3.20. The fourth-order valence-corrected chi connectivity index (χ4v) is 4.25. The molecule has 1 saturated heterocycles. The lowest BCUT2D eigenvalue weighted by molar-refractivity contribution is -0.130. The Bertz CT molecular complexity index is 1020. The predicted molar refractivity (Wildman–Crippen MR) is 111 cm³/mol. The molecule has 0 atom stereocenters. The molecule has 3 rings (SSSR count). The number of anilines is 1. The van der Waals surface area contributed by atoms with Gasteiger partial charge in [0.25, 0.3) is 15.9 Å². The molecule has 1 aliphatic rings. The van der Waals surface area contributed by atoms with Crippen LogP contribution >= 0.6 is 0 Å². The quantitative estimate of drug-likeness (QED) is 0.831. The number of nitrogens with zero attached hydrogens (tertiary/aromatic N) is 2. The van der Waals surface area contributed by atoms with E-state index >= 15 is 0 Å². The summed E-state index contributed by atoms with van der Waals surface area (Å²) in [6.45, 7) is 7.34. The Hall–Kier alpha value is -2.87. The number of amides is 2. The van der Waals surface area contributed by atoms with Crippen molar-refractivity contribution < 1.29 is 18.0 Å². The van der Waals surface area contributed by atoms with Crippen molar-refractivity contribution in [3.05, 3.63) is 59.2 Å². The summed E-state index contributed by atoms with van der Waals surface area (Å²) in [7, 11) is -3.75. The van der Waals surface area contributed by atoms with E-state index in [0.29, 0.717) is 37.4 Å². The topological polar surface area (TPSA) is 86.8 Å². The van der Waals surface area contributed by atoms with Crippen molar-refractivity contribution in [2.24, 2.45) is 0 Å². The molecule has 2 aromatic rings. The Balaban J connectivity index is 1.69. The molecule has 2 amide bonds. The number of aryl methyl sites for hydroxylation is 2.